The summed E-state index contributed by atoms with van der Waals surface area (Å²) < 4.78 is 20.3. The van der Waals surface area contributed by atoms with Gasteiger partial charge in [-0.15, -0.1) is 0 Å². The van der Waals surface area contributed by atoms with E-state index in [1.54, 1.807) is 0 Å². The minimum absolute atomic E-state index is 0.338. The topological polar surface area (TPSA) is 137 Å². The van der Waals surface area contributed by atoms with Crippen molar-refractivity contribution in [3.8, 4) is 0 Å². The van der Waals surface area contributed by atoms with Gasteiger partial charge in [0.15, 0.2) is 18.5 Å². The highest BCUT2D eigenvalue weighted by Crippen LogP contribution is 2.26. The number of hydrogen-bond donors (Lipinski definition) is 2. The van der Waals surface area contributed by atoms with Gasteiger partial charge in [0, 0.05) is 27.7 Å². The predicted octanol–water partition coefficient (Wildman–Crippen LogP) is -1.37. The third-order valence-corrected chi connectivity index (χ3v) is 3.09. The SMILES string of the molecule is CC(=O)N[C@@H]1C(O)O[C@H](COC(C)=O)[C@H](OC(C)=O)[C@@H]1OC(C)=O. The molecule has 2 N–H and O–H groups in total. The van der Waals surface area contributed by atoms with Gasteiger partial charge in [0.1, 0.15) is 18.8 Å². The van der Waals surface area contributed by atoms with Crippen molar-refractivity contribution >= 4 is 23.8 Å². The molecule has 0 bridgehead atoms. The minimum Gasteiger partial charge on any atom is -0.463 e. The fourth-order valence-electron chi connectivity index (χ4n) is 2.31. The Bertz CT molecular complexity index is 506. The van der Waals surface area contributed by atoms with E-state index in [9.17, 15) is 24.3 Å². The molecule has 1 unspecified atom stereocenters. The number of amides is 1. The summed E-state index contributed by atoms with van der Waals surface area (Å²) in [6.07, 6.45) is -5.06. The summed E-state index contributed by atoms with van der Waals surface area (Å²) in [7, 11) is 0. The molecule has 1 amide bonds. The van der Waals surface area contributed by atoms with Gasteiger partial charge in [-0.05, 0) is 0 Å². The lowest BCUT2D eigenvalue weighted by Crippen LogP contribution is -2.66. The molecule has 1 aliphatic heterocycles. The van der Waals surface area contributed by atoms with Gasteiger partial charge in [-0.3, -0.25) is 19.2 Å². The van der Waals surface area contributed by atoms with Crippen molar-refractivity contribution in [2.75, 3.05) is 6.61 Å². The first-order chi connectivity index (χ1) is 11.1. The highest BCUT2D eigenvalue weighted by atomic mass is 16.7. The lowest BCUT2D eigenvalue weighted by molar-refractivity contribution is -0.264. The molecule has 1 rings (SSSR count). The monoisotopic (exact) mass is 347 g/mol. The van der Waals surface area contributed by atoms with Crippen LogP contribution in [0.1, 0.15) is 27.7 Å². The molecule has 136 valence electrons. The van der Waals surface area contributed by atoms with E-state index in [1.165, 1.54) is 13.8 Å². The fraction of sp³-hybridized carbons (Fsp3) is 0.714. The number of aliphatic hydroxyl groups is 1. The predicted molar refractivity (Wildman–Crippen MR) is 76.2 cm³/mol. The summed E-state index contributed by atoms with van der Waals surface area (Å²) >= 11 is 0. The van der Waals surface area contributed by atoms with Crippen LogP contribution in [0.15, 0.2) is 0 Å². The van der Waals surface area contributed by atoms with Crippen molar-refractivity contribution in [1.82, 2.24) is 5.32 Å². The summed E-state index contributed by atoms with van der Waals surface area (Å²) in [4.78, 5) is 45.0. The van der Waals surface area contributed by atoms with Crippen molar-refractivity contribution in [1.29, 1.82) is 0 Å². The molecule has 1 aliphatic rings. The van der Waals surface area contributed by atoms with Gasteiger partial charge in [0.05, 0.1) is 0 Å². The van der Waals surface area contributed by atoms with E-state index in [2.05, 4.69) is 5.32 Å². The second kappa shape index (κ2) is 8.60. The van der Waals surface area contributed by atoms with Gasteiger partial charge in [-0.25, -0.2) is 0 Å². The van der Waals surface area contributed by atoms with Crippen LogP contribution in [0.5, 0.6) is 0 Å². The molecule has 24 heavy (non-hydrogen) atoms. The number of aliphatic hydroxyl groups excluding tert-OH is 1. The molecular weight excluding hydrogens is 326 g/mol. The molecule has 0 radical (unpaired) electrons. The zero-order chi connectivity index (χ0) is 18.4. The van der Waals surface area contributed by atoms with Crippen molar-refractivity contribution in [2.24, 2.45) is 0 Å². The average Bonchev–Trinajstić information content (AvgIpc) is 2.42. The van der Waals surface area contributed by atoms with Crippen LogP contribution in [-0.2, 0) is 38.1 Å². The highest BCUT2D eigenvalue weighted by molar-refractivity contribution is 5.73. The van der Waals surface area contributed by atoms with Crippen molar-refractivity contribution in [2.45, 2.75) is 58.3 Å². The molecule has 0 aromatic carbocycles. The maximum Gasteiger partial charge on any atom is 0.303 e. The van der Waals surface area contributed by atoms with Gasteiger partial charge in [0.25, 0.3) is 0 Å². The maximum absolute atomic E-state index is 11.4. The lowest BCUT2D eigenvalue weighted by Gasteiger charge is -2.43. The highest BCUT2D eigenvalue weighted by Gasteiger charge is 2.50. The van der Waals surface area contributed by atoms with E-state index in [0.717, 1.165) is 13.8 Å². The lowest BCUT2D eigenvalue weighted by atomic mass is 9.96. The Morgan fingerprint density at radius 1 is 0.958 bits per heavy atom. The van der Waals surface area contributed by atoms with Gasteiger partial charge in [-0.2, -0.15) is 0 Å². The second-order valence-corrected chi connectivity index (χ2v) is 5.24. The Kier molecular flexibility index (Phi) is 7.11. The molecular formula is C14H21NO9. The Morgan fingerprint density at radius 3 is 1.96 bits per heavy atom. The molecule has 0 aromatic heterocycles. The summed E-state index contributed by atoms with van der Waals surface area (Å²) in [5.74, 6) is -2.54. The van der Waals surface area contributed by atoms with Crippen LogP contribution in [0, 0.1) is 0 Å². The largest absolute Gasteiger partial charge is 0.463 e. The Hall–Kier alpha value is -2.20. The number of rotatable bonds is 5. The summed E-state index contributed by atoms with van der Waals surface area (Å²) in [6, 6.07) is -1.16. The number of hydrogen-bond acceptors (Lipinski definition) is 9. The summed E-state index contributed by atoms with van der Waals surface area (Å²) in [6.45, 7) is 4.28. The van der Waals surface area contributed by atoms with Crippen LogP contribution in [0.2, 0.25) is 0 Å². The van der Waals surface area contributed by atoms with Gasteiger partial charge in [-0.1, -0.05) is 0 Å². The number of esters is 3. The van der Waals surface area contributed by atoms with Crippen LogP contribution >= 0.6 is 0 Å². The maximum atomic E-state index is 11.4. The molecule has 1 saturated heterocycles. The van der Waals surface area contributed by atoms with E-state index < -0.39 is 54.5 Å². The third-order valence-electron chi connectivity index (χ3n) is 3.09. The third kappa shape index (κ3) is 5.78. The van der Waals surface area contributed by atoms with E-state index in [-0.39, 0.29) is 6.61 Å². The van der Waals surface area contributed by atoms with E-state index in [0.29, 0.717) is 0 Å². The molecule has 1 fully saturated rings. The molecule has 0 aliphatic carbocycles. The molecule has 0 saturated carbocycles. The van der Waals surface area contributed by atoms with Crippen molar-refractivity contribution in [3.63, 3.8) is 0 Å². The molecule has 10 heteroatoms. The van der Waals surface area contributed by atoms with Crippen molar-refractivity contribution in [3.05, 3.63) is 0 Å². The number of ether oxygens (including phenoxy) is 4. The van der Waals surface area contributed by atoms with Crippen LogP contribution in [0.25, 0.3) is 0 Å². The standard InChI is InChI=1S/C14H21NO9/c1-6(16)15-11-13(23-9(4)19)12(22-8(3)18)10(24-14(11)20)5-21-7(2)17/h10-14,20H,5H2,1-4H3,(H,15,16)/t10-,11+,12+,13-,14?/m1/s1. The molecule has 5 atom stereocenters. The zero-order valence-electron chi connectivity index (χ0n) is 13.8. The number of carbonyl (C=O) groups is 4. The van der Waals surface area contributed by atoms with Gasteiger partial charge >= 0.3 is 17.9 Å². The van der Waals surface area contributed by atoms with E-state index >= 15 is 0 Å². The molecule has 0 spiro atoms. The van der Waals surface area contributed by atoms with Gasteiger partial charge < -0.3 is 29.4 Å². The van der Waals surface area contributed by atoms with Crippen LogP contribution in [-0.4, -0.2) is 66.2 Å². The van der Waals surface area contributed by atoms with Crippen LogP contribution < -0.4 is 5.32 Å². The fourth-order valence-corrected chi connectivity index (χ4v) is 2.31. The van der Waals surface area contributed by atoms with Crippen LogP contribution in [0.3, 0.4) is 0 Å². The normalized spacial score (nSPS) is 29.3. The molecule has 10 nitrogen and oxygen atoms in total. The second-order valence-electron chi connectivity index (χ2n) is 5.24. The Labute approximate surface area is 138 Å². The zero-order valence-corrected chi connectivity index (χ0v) is 13.8. The number of carbonyl (C=O) groups excluding carboxylic acids is 4. The molecule has 0 aromatic rings. The first kappa shape index (κ1) is 19.8. The first-order valence-corrected chi connectivity index (χ1v) is 7.20. The Balaban J connectivity index is 3.11. The van der Waals surface area contributed by atoms with Gasteiger partial charge in [0.2, 0.25) is 5.91 Å². The first-order valence-electron chi connectivity index (χ1n) is 7.20. The number of nitrogens with one attached hydrogen (secondary N) is 1. The van der Waals surface area contributed by atoms with E-state index in [1.807, 2.05) is 0 Å². The summed E-state index contributed by atoms with van der Waals surface area (Å²) in [5, 5.41) is 12.5. The summed E-state index contributed by atoms with van der Waals surface area (Å²) in [5.41, 5.74) is 0. The molecule has 1 heterocycles. The average molecular weight is 347 g/mol. The van der Waals surface area contributed by atoms with Crippen molar-refractivity contribution < 1.29 is 43.2 Å². The smallest absolute Gasteiger partial charge is 0.303 e. The van der Waals surface area contributed by atoms with E-state index in [4.69, 9.17) is 18.9 Å². The Morgan fingerprint density at radius 2 is 1.50 bits per heavy atom. The minimum atomic E-state index is -1.56. The quantitative estimate of drug-likeness (QED) is 0.456. The van der Waals surface area contributed by atoms with Crippen LogP contribution in [0.4, 0.5) is 0 Å².